The van der Waals surface area contributed by atoms with Crippen molar-refractivity contribution in [3.8, 4) is 0 Å². The van der Waals surface area contributed by atoms with Gasteiger partial charge in [-0.05, 0) is 24.0 Å². The molecule has 0 saturated carbocycles. The van der Waals surface area contributed by atoms with E-state index in [4.69, 9.17) is 0 Å². The molecule has 0 radical (unpaired) electrons. The third kappa shape index (κ3) is 2.66. The maximum atomic E-state index is 12.1. The second-order valence-corrected chi connectivity index (χ2v) is 5.48. The molecular weight excluding hydrogens is 224 g/mol. The van der Waals surface area contributed by atoms with Gasteiger partial charge in [0.05, 0.1) is 0 Å². The van der Waals surface area contributed by atoms with Crippen molar-refractivity contribution in [2.24, 2.45) is 5.92 Å². The van der Waals surface area contributed by atoms with Crippen molar-refractivity contribution in [1.82, 2.24) is 5.32 Å². The van der Waals surface area contributed by atoms with E-state index in [9.17, 15) is 4.79 Å². The van der Waals surface area contributed by atoms with Crippen LogP contribution in [0.1, 0.15) is 38.7 Å². The van der Waals surface area contributed by atoms with Crippen LogP contribution < -0.4 is 10.2 Å². The lowest BCUT2D eigenvalue weighted by Crippen LogP contribution is -2.39. The van der Waals surface area contributed by atoms with Gasteiger partial charge >= 0.3 is 6.03 Å². The Hall–Kier alpha value is -1.51. The van der Waals surface area contributed by atoms with Gasteiger partial charge in [0.1, 0.15) is 0 Å². The number of hydrogen-bond donors (Lipinski definition) is 1. The van der Waals surface area contributed by atoms with Gasteiger partial charge in [-0.15, -0.1) is 0 Å². The standard InChI is InChI=1S/C15H22N2O/c1-11(2)8-9-16-15(18)17-10-12(3)13-6-4-5-7-14(13)17/h4-7,11-12H,8-10H2,1-3H3,(H,16,18). The molecular formula is C15H22N2O. The van der Waals surface area contributed by atoms with Crippen LogP contribution in [0, 0.1) is 5.92 Å². The zero-order valence-corrected chi connectivity index (χ0v) is 11.4. The van der Waals surface area contributed by atoms with E-state index < -0.39 is 0 Å². The van der Waals surface area contributed by atoms with E-state index in [1.807, 2.05) is 23.1 Å². The van der Waals surface area contributed by atoms with Gasteiger partial charge in [-0.25, -0.2) is 4.79 Å². The maximum absolute atomic E-state index is 12.1. The number of nitrogens with one attached hydrogen (secondary N) is 1. The Kier molecular flexibility index (Phi) is 3.90. The minimum Gasteiger partial charge on any atom is -0.338 e. The van der Waals surface area contributed by atoms with Gasteiger partial charge in [0, 0.05) is 24.7 Å². The predicted octanol–water partition coefficient (Wildman–Crippen LogP) is 3.37. The molecule has 1 aromatic rings. The van der Waals surface area contributed by atoms with Crippen LogP contribution in [0.4, 0.5) is 10.5 Å². The summed E-state index contributed by atoms with van der Waals surface area (Å²) < 4.78 is 0. The number of hydrogen-bond acceptors (Lipinski definition) is 1. The van der Waals surface area contributed by atoms with E-state index in [0.29, 0.717) is 11.8 Å². The van der Waals surface area contributed by atoms with Crippen LogP contribution in [0.5, 0.6) is 0 Å². The molecule has 0 bridgehead atoms. The normalized spacial score (nSPS) is 18.0. The van der Waals surface area contributed by atoms with Gasteiger partial charge in [0.2, 0.25) is 0 Å². The molecule has 3 nitrogen and oxygen atoms in total. The number of carbonyl (C=O) groups is 1. The van der Waals surface area contributed by atoms with E-state index >= 15 is 0 Å². The number of urea groups is 1. The number of anilines is 1. The Bertz CT molecular complexity index is 428. The van der Waals surface area contributed by atoms with Gasteiger partial charge in [0.15, 0.2) is 0 Å². The summed E-state index contributed by atoms with van der Waals surface area (Å²) in [6.45, 7) is 8.04. The molecule has 0 saturated heterocycles. The molecule has 0 fully saturated rings. The average Bonchev–Trinajstić information content (AvgIpc) is 2.67. The minimum absolute atomic E-state index is 0.0347. The highest BCUT2D eigenvalue weighted by Gasteiger charge is 2.28. The molecule has 1 aliphatic heterocycles. The molecule has 2 amide bonds. The first-order chi connectivity index (χ1) is 8.59. The molecule has 1 N–H and O–H groups in total. The van der Waals surface area contributed by atoms with Crippen molar-refractivity contribution in [2.45, 2.75) is 33.1 Å². The minimum atomic E-state index is 0.0347. The highest BCUT2D eigenvalue weighted by molar-refractivity contribution is 5.94. The van der Waals surface area contributed by atoms with Gasteiger partial charge in [-0.2, -0.15) is 0 Å². The monoisotopic (exact) mass is 246 g/mol. The Labute approximate surface area is 109 Å². The smallest absolute Gasteiger partial charge is 0.321 e. The number of rotatable bonds is 3. The summed E-state index contributed by atoms with van der Waals surface area (Å²) in [5.41, 5.74) is 2.34. The van der Waals surface area contributed by atoms with Crippen molar-refractivity contribution in [1.29, 1.82) is 0 Å². The SMILES string of the molecule is CC(C)CCNC(=O)N1CC(C)c2ccccc21. The van der Waals surface area contributed by atoms with Crippen LogP contribution in [-0.4, -0.2) is 19.1 Å². The van der Waals surface area contributed by atoms with Crippen molar-refractivity contribution in [2.75, 3.05) is 18.0 Å². The molecule has 0 aliphatic carbocycles. The molecule has 1 heterocycles. The van der Waals surface area contributed by atoms with Crippen LogP contribution in [0.15, 0.2) is 24.3 Å². The lowest BCUT2D eigenvalue weighted by molar-refractivity contribution is 0.246. The number of nitrogens with zero attached hydrogens (tertiary/aromatic N) is 1. The molecule has 1 unspecified atom stereocenters. The van der Waals surface area contributed by atoms with Crippen LogP contribution >= 0.6 is 0 Å². The topological polar surface area (TPSA) is 32.3 Å². The number of fused-ring (bicyclic) bond motifs is 1. The maximum Gasteiger partial charge on any atom is 0.321 e. The summed E-state index contributed by atoms with van der Waals surface area (Å²) in [7, 11) is 0. The summed E-state index contributed by atoms with van der Waals surface area (Å²) in [5, 5.41) is 3.00. The number of carbonyl (C=O) groups excluding carboxylic acids is 1. The molecule has 18 heavy (non-hydrogen) atoms. The van der Waals surface area contributed by atoms with Crippen LogP contribution in [0.3, 0.4) is 0 Å². The van der Waals surface area contributed by atoms with Crippen molar-refractivity contribution in [3.63, 3.8) is 0 Å². The Morgan fingerprint density at radius 2 is 2.17 bits per heavy atom. The van der Waals surface area contributed by atoms with Gasteiger partial charge in [-0.3, -0.25) is 4.90 Å². The van der Waals surface area contributed by atoms with E-state index in [1.54, 1.807) is 0 Å². The van der Waals surface area contributed by atoms with E-state index in [-0.39, 0.29) is 6.03 Å². The zero-order chi connectivity index (χ0) is 13.1. The quantitative estimate of drug-likeness (QED) is 0.871. The van der Waals surface area contributed by atoms with E-state index in [1.165, 1.54) is 5.56 Å². The average molecular weight is 246 g/mol. The van der Waals surface area contributed by atoms with Crippen LogP contribution in [-0.2, 0) is 0 Å². The summed E-state index contributed by atoms with van der Waals surface area (Å²) in [5.74, 6) is 1.05. The van der Waals surface area contributed by atoms with Gasteiger partial charge in [0.25, 0.3) is 0 Å². The van der Waals surface area contributed by atoms with Crippen molar-refractivity contribution < 1.29 is 4.79 Å². The van der Waals surface area contributed by atoms with E-state index in [2.05, 4.69) is 32.2 Å². The van der Waals surface area contributed by atoms with E-state index in [0.717, 1.165) is 25.2 Å². The molecule has 1 aliphatic rings. The summed E-state index contributed by atoms with van der Waals surface area (Å²) in [6.07, 6.45) is 1.02. The molecule has 1 atom stereocenters. The summed E-state index contributed by atoms with van der Waals surface area (Å²) in [6, 6.07) is 8.20. The molecule has 0 spiro atoms. The first-order valence-corrected chi connectivity index (χ1v) is 6.74. The first-order valence-electron chi connectivity index (χ1n) is 6.74. The lowest BCUT2D eigenvalue weighted by atomic mass is 10.0. The Morgan fingerprint density at radius 3 is 2.89 bits per heavy atom. The number of benzene rings is 1. The van der Waals surface area contributed by atoms with Gasteiger partial charge < -0.3 is 5.32 Å². The fourth-order valence-electron chi connectivity index (χ4n) is 2.38. The molecule has 3 heteroatoms. The third-order valence-electron chi connectivity index (χ3n) is 3.46. The molecule has 98 valence electrons. The summed E-state index contributed by atoms with van der Waals surface area (Å²) >= 11 is 0. The van der Waals surface area contributed by atoms with Crippen LogP contribution in [0.25, 0.3) is 0 Å². The second-order valence-electron chi connectivity index (χ2n) is 5.48. The fraction of sp³-hybridized carbons (Fsp3) is 0.533. The van der Waals surface area contributed by atoms with Crippen molar-refractivity contribution in [3.05, 3.63) is 29.8 Å². The second kappa shape index (κ2) is 5.42. The third-order valence-corrected chi connectivity index (χ3v) is 3.46. The molecule has 2 rings (SSSR count). The Balaban J connectivity index is 2.00. The Morgan fingerprint density at radius 1 is 1.44 bits per heavy atom. The van der Waals surface area contributed by atoms with Crippen LogP contribution in [0.2, 0.25) is 0 Å². The highest BCUT2D eigenvalue weighted by atomic mass is 16.2. The first kappa shape index (κ1) is 12.9. The fourth-order valence-corrected chi connectivity index (χ4v) is 2.38. The molecule has 1 aromatic carbocycles. The lowest BCUT2D eigenvalue weighted by Gasteiger charge is -2.18. The van der Waals surface area contributed by atoms with Crippen molar-refractivity contribution >= 4 is 11.7 Å². The molecule has 0 aromatic heterocycles. The zero-order valence-electron chi connectivity index (χ0n) is 11.4. The van der Waals surface area contributed by atoms with Gasteiger partial charge in [-0.1, -0.05) is 39.0 Å². The predicted molar refractivity (Wildman–Crippen MR) is 75.1 cm³/mol. The largest absolute Gasteiger partial charge is 0.338 e. The highest BCUT2D eigenvalue weighted by Crippen LogP contribution is 2.35. The summed E-state index contributed by atoms with van der Waals surface area (Å²) in [4.78, 5) is 14.0. The number of amides is 2. The number of para-hydroxylation sites is 1.